The lowest BCUT2D eigenvalue weighted by molar-refractivity contribution is 0.0702. The number of hydrogen-bond donors (Lipinski definition) is 1. The quantitative estimate of drug-likeness (QED) is 0.844. The molecule has 0 saturated carbocycles. The lowest BCUT2D eigenvalue weighted by Gasteiger charge is -2.19. The third-order valence-electron chi connectivity index (χ3n) is 3.53. The van der Waals surface area contributed by atoms with Crippen molar-refractivity contribution in [2.75, 3.05) is 0 Å². The van der Waals surface area contributed by atoms with Crippen molar-refractivity contribution in [1.29, 1.82) is 0 Å². The van der Waals surface area contributed by atoms with Gasteiger partial charge in [-0.25, -0.2) is 4.79 Å². The highest BCUT2D eigenvalue weighted by atomic mass is 32.1. The maximum absolute atomic E-state index is 11.1. The van der Waals surface area contributed by atoms with Gasteiger partial charge in [-0.3, -0.25) is 0 Å². The summed E-state index contributed by atoms with van der Waals surface area (Å²) < 4.78 is 0. The van der Waals surface area contributed by atoms with Gasteiger partial charge in [-0.05, 0) is 55.0 Å². The van der Waals surface area contributed by atoms with E-state index in [9.17, 15) is 4.79 Å². The van der Waals surface area contributed by atoms with Crippen LogP contribution in [-0.2, 0) is 12.8 Å². The average Bonchev–Trinajstić information content (AvgIpc) is 2.72. The van der Waals surface area contributed by atoms with E-state index in [1.807, 2.05) is 6.07 Å². The maximum Gasteiger partial charge on any atom is 0.345 e. The molecule has 0 aliphatic heterocycles. The second-order valence-corrected chi connectivity index (χ2v) is 5.93. The van der Waals surface area contributed by atoms with E-state index in [2.05, 4.69) is 26.0 Å². The van der Waals surface area contributed by atoms with E-state index in [4.69, 9.17) is 5.11 Å². The van der Waals surface area contributed by atoms with E-state index < -0.39 is 5.97 Å². The van der Waals surface area contributed by atoms with Crippen LogP contribution in [0.25, 0.3) is 10.4 Å². The van der Waals surface area contributed by atoms with Crippen LogP contribution < -0.4 is 0 Å². The lowest BCUT2D eigenvalue weighted by atomic mass is 9.87. The van der Waals surface area contributed by atoms with Gasteiger partial charge in [0.05, 0.1) is 0 Å². The molecule has 0 radical (unpaired) electrons. The molecule has 0 amide bonds. The Labute approximate surface area is 110 Å². The number of aromatic carboxylic acids is 1. The van der Waals surface area contributed by atoms with Crippen molar-refractivity contribution in [2.45, 2.75) is 26.7 Å². The minimum absolute atomic E-state index is 0.451. The molecule has 0 unspecified atom stereocenters. The highest BCUT2D eigenvalue weighted by Crippen LogP contribution is 2.41. The van der Waals surface area contributed by atoms with Gasteiger partial charge in [0.15, 0.2) is 0 Å². The minimum Gasteiger partial charge on any atom is -0.477 e. The zero-order chi connectivity index (χ0) is 12.9. The predicted molar refractivity (Wildman–Crippen MR) is 73.6 cm³/mol. The summed E-state index contributed by atoms with van der Waals surface area (Å²) in [5.74, 6) is -0.819. The van der Waals surface area contributed by atoms with Crippen LogP contribution in [0.5, 0.6) is 0 Å². The molecule has 2 aromatic rings. The number of rotatable bonds is 1. The lowest BCUT2D eigenvalue weighted by Crippen LogP contribution is -2.03. The van der Waals surface area contributed by atoms with Gasteiger partial charge in [-0.1, -0.05) is 17.7 Å². The Hall–Kier alpha value is -1.61. The number of thiophene rings is 1. The molecule has 0 atom stereocenters. The van der Waals surface area contributed by atoms with Crippen LogP contribution in [0, 0.1) is 13.8 Å². The maximum atomic E-state index is 11.1. The van der Waals surface area contributed by atoms with Crippen molar-refractivity contribution in [3.63, 3.8) is 0 Å². The highest BCUT2D eigenvalue weighted by molar-refractivity contribution is 7.17. The first-order chi connectivity index (χ1) is 8.56. The van der Waals surface area contributed by atoms with Gasteiger partial charge in [0, 0.05) is 4.88 Å². The van der Waals surface area contributed by atoms with Gasteiger partial charge in [-0.15, -0.1) is 11.3 Å². The van der Waals surface area contributed by atoms with Gasteiger partial charge >= 0.3 is 5.97 Å². The Bertz CT molecular complexity index is 653. The number of fused-ring (bicyclic) bond motifs is 3. The van der Waals surface area contributed by atoms with Crippen LogP contribution in [0.4, 0.5) is 0 Å². The zero-order valence-corrected chi connectivity index (χ0v) is 11.2. The summed E-state index contributed by atoms with van der Waals surface area (Å²) in [7, 11) is 0. The van der Waals surface area contributed by atoms with Gasteiger partial charge in [0.1, 0.15) is 4.88 Å². The SMILES string of the molecule is Cc1cc(C)c2c(c1)-c1sc(C(=O)O)cc1CC2. The first-order valence-corrected chi connectivity index (χ1v) is 6.84. The number of benzene rings is 1. The number of carbonyl (C=O) groups is 1. The zero-order valence-electron chi connectivity index (χ0n) is 10.4. The third-order valence-corrected chi connectivity index (χ3v) is 4.72. The first kappa shape index (κ1) is 11.5. The van der Waals surface area contributed by atoms with Crippen molar-refractivity contribution in [3.05, 3.63) is 45.3 Å². The van der Waals surface area contributed by atoms with Gasteiger partial charge in [0.25, 0.3) is 0 Å². The summed E-state index contributed by atoms with van der Waals surface area (Å²) in [5.41, 5.74) is 6.37. The Morgan fingerprint density at radius 1 is 1.22 bits per heavy atom. The molecule has 1 aliphatic rings. The van der Waals surface area contributed by atoms with E-state index in [-0.39, 0.29) is 0 Å². The molecule has 1 aromatic heterocycles. The fraction of sp³-hybridized carbons (Fsp3) is 0.267. The number of hydrogen-bond acceptors (Lipinski definition) is 2. The monoisotopic (exact) mass is 258 g/mol. The molecule has 92 valence electrons. The molecule has 0 spiro atoms. The van der Waals surface area contributed by atoms with E-state index in [1.54, 1.807) is 0 Å². The summed E-state index contributed by atoms with van der Waals surface area (Å²) in [4.78, 5) is 12.7. The summed E-state index contributed by atoms with van der Waals surface area (Å²) >= 11 is 1.40. The summed E-state index contributed by atoms with van der Waals surface area (Å²) in [5, 5.41) is 9.10. The van der Waals surface area contributed by atoms with E-state index >= 15 is 0 Å². The molecule has 1 N–H and O–H groups in total. The standard InChI is InChI=1S/C15H14O2S/c1-8-5-9(2)11-4-3-10-7-13(15(16)17)18-14(10)12(11)6-8/h5-7H,3-4H2,1-2H3,(H,16,17). The molecule has 18 heavy (non-hydrogen) atoms. The van der Waals surface area contributed by atoms with Crippen LogP contribution in [0.2, 0.25) is 0 Å². The van der Waals surface area contributed by atoms with Crippen LogP contribution in [-0.4, -0.2) is 11.1 Å². The van der Waals surface area contributed by atoms with Gasteiger partial charge < -0.3 is 5.11 Å². The molecule has 0 bridgehead atoms. The highest BCUT2D eigenvalue weighted by Gasteiger charge is 2.22. The normalized spacial score (nSPS) is 13.0. The molecular weight excluding hydrogens is 244 g/mol. The van der Waals surface area contributed by atoms with E-state index in [0.717, 1.165) is 17.7 Å². The van der Waals surface area contributed by atoms with Crippen molar-refractivity contribution in [1.82, 2.24) is 0 Å². The van der Waals surface area contributed by atoms with Crippen molar-refractivity contribution >= 4 is 17.3 Å². The van der Waals surface area contributed by atoms with Gasteiger partial charge in [0.2, 0.25) is 0 Å². The van der Waals surface area contributed by atoms with Crippen LogP contribution >= 0.6 is 11.3 Å². The number of aryl methyl sites for hydroxylation is 3. The molecule has 2 nitrogen and oxygen atoms in total. The second kappa shape index (κ2) is 3.95. The molecule has 3 heteroatoms. The smallest absolute Gasteiger partial charge is 0.345 e. The van der Waals surface area contributed by atoms with Crippen LogP contribution in [0.1, 0.15) is 31.9 Å². The van der Waals surface area contributed by atoms with E-state index in [0.29, 0.717) is 4.88 Å². The molecule has 3 rings (SSSR count). The second-order valence-electron chi connectivity index (χ2n) is 4.88. The fourth-order valence-corrected chi connectivity index (χ4v) is 3.83. The van der Waals surface area contributed by atoms with E-state index in [1.165, 1.54) is 39.2 Å². The topological polar surface area (TPSA) is 37.3 Å². The van der Waals surface area contributed by atoms with Crippen molar-refractivity contribution in [3.8, 4) is 10.4 Å². The Kier molecular flexibility index (Phi) is 2.52. The third kappa shape index (κ3) is 1.66. The Morgan fingerprint density at radius 3 is 2.72 bits per heavy atom. The summed E-state index contributed by atoms with van der Waals surface area (Å²) in [6.07, 6.45) is 1.97. The molecule has 1 aliphatic carbocycles. The summed E-state index contributed by atoms with van der Waals surface area (Å²) in [6.45, 7) is 4.23. The number of carboxylic acids is 1. The average molecular weight is 258 g/mol. The van der Waals surface area contributed by atoms with Crippen LogP contribution in [0.15, 0.2) is 18.2 Å². The van der Waals surface area contributed by atoms with Crippen LogP contribution in [0.3, 0.4) is 0 Å². The molecule has 0 saturated heterocycles. The molecule has 1 aromatic carbocycles. The Morgan fingerprint density at radius 2 is 2.00 bits per heavy atom. The molecular formula is C15H14O2S. The largest absolute Gasteiger partial charge is 0.477 e. The Balaban J connectivity index is 2.24. The van der Waals surface area contributed by atoms with Crippen molar-refractivity contribution < 1.29 is 9.90 Å². The van der Waals surface area contributed by atoms with Crippen molar-refractivity contribution in [2.24, 2.45) is 0 Å². The number of carboxylic acid groups (broad SMARTS) is 1. The predicted octanol–water partition coefficient (Wildman–Crippen LogP) is 3.83. The fourth-order valence-electron chi connectivity index (χ4n) is 2.74. The summed E-state index contributed by atoms with van der Waals surface area (Å²) in [6, 6.07) is 6.22. The molecule has 0 fully saturated rings. The van der Waals surface area contributed by atoms with Gasteiger partial charge in [-0.2, -0.15) is 0 Å². The molecule has 1 heterocycles. The first-order valence-electron chi connectivity index (χ1n) is 6.03. The minimum atomic E-state index is -0.819.